The first-order chi connectivity index (χ1) is 7.81. The van der Waals surface area contributed by atoms with Crippen molar-refractivity contribution in [2.45, 2.75) is 37.4 Å². The minimum atomic E-state index is 0.253. The van der Waals surface area contributed by atoms with Crippen molar-refractivity contribution in [3.8, 4) is 0 Å². The number of nitrogens with zero attached hydrogens (tertiary/aromatic N) is 1. The molecule has 0 aromatic carbocycles. The summed E-state index contributed by atoms with van der Waals surface area (Å²) < 4.78 is 0. The summed E-state index contributed by atoms with van der Waals surface area (Å²) in [7, 11) is 0. The molecule has 2 aliphatic rings. The van der Waals surface area contributed by atoms with Gasteiger partial charge in [-0.25, -0.2) is 0 Å². The Labute approximate surface area is 107 Å². The van der Waals surface area contributed by atoms with Gasteiger partial charge in [-0.1, -0.05) is 6.42 Å². The van der Waals surface area contributed by atoms with E-state index in [4.69, 9.17) is 11.6 Å². The van der Waals surface area contributed by atoms with Crippen LogP contribution in [0.25, 0.3) is 0 Å². The number of hydrogen-bond acceptors (Lipinski definition) is 2. The van der Waals surface area contributed by atoms with Crippen molar-refractivity contribution in [1.82, 2.24) is 4.90 Å². The smallest absolute Gasteiger partial charge is 0.235 e. The molecule has 0 aromatic rings. The van der Waals surface area contributed by atoms with Crippen LogP contribution in [0.2, 0.25) is 0 Å². The van der Waals surface area contributed by atoms with Gasteiger partial charge in [0, 0.05) is 19.0 Å². The Hall–Kier alpha value is 0.110. The Kier molecular flexibility index (Phi) is 4.83. The number of likely N-dealkylation sites (tertiary alicyclic amines) is 1. The Bertz CT molecular complexity index is 243. The highest BCUT2D eigenvalue weighted by Crippen LogP contribution is 2.29. The maximum Gasteiger partial charge on any atom is 0.235 e. The molecule has 2 nitrogen and oxygen atoms in total. The van der Waals surface area contributed by atoms with E-state index in [1.807, 2.05) is 11.8 Å². The van der Waals surface area contributed by atoms with Gasteiger partial charge in [0.05, 0.1) is 5.25 Å². The zero-order valence-electron chi connectivity index (χ0n) is 9.66. The molecule has 2 heterocycles. The van der Waals surface area contributed by atoms with Gasteiger partial charge in [0.1, 0.15) is 0 Å². The van der Waals surface area contributed by atoms with Crippen molar-refractivity contribution in [3.05, 3.63) is 0 Å². The minimum Gasteiger partial charge on any atom is -0.341 e. The van der Waals surface area contributed by atoms with Gasteiger partial charge in [-0.3, -0.25) is 4.79 Å². The minimum absolute atomic E-state index is 0.253. The summed E-state index contributed by atoms with van der Waals surface area (Å²) in [5, 5.41) is 0.253. The summed E-state index contributed by atoms with van der Waals surface area (Å²) in [5.41, 5.74) is 0. The highest BCUT2D eigenvalue weighted by molar-refractivity contribution is 8.00. The lowest BCUT2D eigenvalue weighted by atomic mass is 10.1. The molecule has 0 saturated carbocycles. The molecule has 2 aliphatic heterocycles. The Morgan fingerprint density at radius 3 is 2.94 bits per heavy atom. The normalized spacial score (nSPS) is 30.7. The predicted octanol–water partition coefficient (Wildman–Crippen LogP) is 2.75. The second-order valence-corrected chi connectivity index (χ2v) is 6.46. The van der Waals surface area contributed by atoms with E-state index in [1.54, 1.807) is 0 Å². The summed E-state index contributed by atoms with van der Waals surface area (Å²) >= 11 is 7.61. The van der Waals surface area contributed by atoms with Crippen LogP contribution in [0.1, 0.15) is 32.1 Å². The predicted molar refractivity (Wildman–Crippen MR) is 70.1 cm³/mol. The molecule has 0 radical (unpaired) electrons. The van der Waals surface area contributed by atoms with Crippen LogP contribution in [0.3, 0.4) is 0 Å². The second-order valence-electron chi connectivity index (χ2n) is 4.77. The summed E-state index contributed by atoms with van der Waals surface area (Å²) in [6.45, 7) is 1.90. The van der Waals surface area contributed by atoms with Crippen molar-refractivity contribution in [2.75, 3.05) is 24.7 Å². The number of rotatable bonds is 3. The van der Waals surface area contributed by atoms with E-state index < -0.39 is 0 Å². The average molecular weight is 262 g/mol. The number of hydrogen-bond donors (Lipinski definition) is 0. The van der Waals surface area contributed by atoms with Gasteiger partial charge in [-0.2, -0.15) is 0 Å². The van der Waals surface area contributed by atoms with Gasteiger partial charge in [0.25, 0.3) is 0 Å². The lowest BCUT2D eigenvalue weighted by Crippen LogP contribution is -2.37. The van der Waals surface area contributed by atoms with Crippen molar-refractivity contribution in [3.63, 3.8) is 0 Å². The summed E-state index contributed by atoms with van der Waals surface area (Å²) in [6.07, 6.45) is 5.80. The van der Waals surface area contributed by atoms with E-state index in [2.05, 4.69) is 4.90 Å². The van der Waals surface area contributed by atoms with Crippen LogP contribution >= 0.6 is 23.4 Å². The van der Waals surface area contributed by atoms with Crippen LogP contribution in [0.5, 0.6) is 0 Å². The van der Waals surface area contributed by atoms with Crippen molar-refractivity contribution >= 4 is 29.3 Å². The SMILES string of the molecule is O=C(C1CCCCS1)N1CCC(CCCl)C1. The highest BCUT2D eigenvalue weighted by atomic mass is 35.5. The summed E-state index contributed by atoms with van der Waals surface area (Å²) in [6, 6.07) is 0. The maximum atomic E-state index is 12.2. The summed E-state index contributed by atoms with van der Waals surface area (Å²) in [5.74, 6) is 2.93. The van der Waals surface area contributed by atoms with Gasteiger partial charge < -0.3 is 4.90 Å². The molecule has 16 heavy (non-hydrogen) atoms. The maximum absolute atomic E-state index is 12.2. The topological polar surface area (TPSA) is 20.3 Å². The molecule has 0 bridgehead atoms. The van der Waals surface area contributed by atoms with Crippen LogP contribution < -0.4 is 0 Å². The van der Waals surface area contributed by atoms with Crippen LogP contribution in [0.4, 0.5) is 0 Å². The quantitative estimate of drug-likeness (QED) is 0.728. The van der Waals surface area contributed by atoms with Gasteiger partial charge in [-0.15, -0.1) is 23.4 Å². The van der Waals surface area contributed by atoms with E-state index >= 15 is 0 Å². The molecule has 0 aliphatic carbocycles. The molecule has 2 saturated heterocycles. The number of carbonyl (C=O) groups excluding carboxylic acids is 1. The second kappa shape index (κ2) is 6.15. The van der Waals surface area contributed by atoms with Crippen molar-refractivity contribution < 1.29 is 4.79 Å². The fourth-order valence-corrected chi connectivity index (χ4v) is 4.15. The number of halogens is 1. The summed E-state index contributed by atoms with van der Waals surface area (Å²) in [4.78, 5) is 14.3. The van der Waals surface area contributed by atoms with E-state index in [9.17, 15) is 4.79 Å². The average Bonchev–Trinajstić information content (AvgIpc) is 2.78. The zero-order valence-corrected chi connectivity index (χ0v) is 11.2. The highest BCUT2D eigenvalue weighted by Gasteiger charge is 2.31. The number of thioether (sulfide) groups is 1. The van der Waals surface area contributed by atoms with Gasteiger partial charge in [0.2, 0.25) is 5.91 Å². The lowest BCUT2D eigenvalue weighted by molar-refractivity contribution is -0.129. The fraction of sp³-hybridized carbons (Fsp3) is 0.917. The number of amides is 1. The molecule has 0 N–H and O–H groups in total. The molecular formula is C12H20ClNOS. The fourth-order valence-electron chi connectivity index (χ4n) is 2.56. The van der Waals surface area contributed by atoms with Gasteiger partial charge in [0.15, 0.2) is 0 Å². The Morgan fingerprint density at radius 1 is 1.38 bits per heavy atom. The van der Waals surface area contributed by atoms with E-state index in [0.29, 0.717) is 11.8 Å². The molecular weight excluding hydrogens is 242 g/mol. The van der Waals surface area contributed by atoms with Crippen LogP contribution in [-0.2, 0) is 4.79 Å². The van der Waals surface area contributed by atoms with E-state index in [0.717, 1.165) is 44.0 Å². The molecule has 0 aromatic heterocycles. The molecule has 2 fully saturated rings. The first-order valence-electron chi connectivity index (χ1n) is 6.27. The third-order valence-electron chi connectivity index (χ3n) is 3.57. The first-order valence-corrected chi connectivity index (χ1v) is 7.86. The van der Waals surface area contributed by atoms with E-state index in [-0.39, 0.29) is 5.25 Å². The molecule has 92 valence electrons. The third-order valence-corrected chi connectivity index (χ3v) is 5.15. The first kappa shape index (κ1) is 12.6. The molecule has 2 rings (SSSR count). The van der Waals surface area contributed by atoms with Crippen LogP contribution in [-0.4, -0.2) is 40.8 Å². The Balaban J connectivity index is 1.81. The molecule has 0 spiro atoms. The monoisotopic (exact) mass is 261 g/mol. The van der Waals surface area contributed by atoms with Gasteiger partial charge >= 0.3 is 0 Å². The van der Waals surface area contributed by atoms with Crippen LogP contribution in [0.15, 0.2) is 0 Å². The zero-order chi connectivity index (χ0) is 11.4. The molecule has 4 heteroatoms. The number of carbonyl (C=O) groups is 1. The molecule has 2 unspecified atom stereocenters. The third kappa shape index (κ3) is 3.07. The largest absolute Gasteiger partial charge is 0.341 e. The van der Waals surface area contributed by atoms with Gasteiger partial charge in [-0.05, 0) is 37.4 Å². The lowest BCUT2D eigenvalue weighted by Gasteiger charge is -2.25. The molecule has 1 amide bonds. The van der Waals surface area contributed by atoms with Crippen molar-refractivity contribution in [1.29, 1.82) is 0 Å². The van der Waals surface area contributed by atoms with Crippen LogP contribution in [0, 0.1) is 5.92 Å². The molecule has 2 atom stereocenters. The van der Waals surface area contributed by atoms with Crippen molar-refractivity contribution in [2.24, 2.45) is 5.92 Å². The Morgan fingerprint density at radius 2 is 2.25 bits per heavy atom. The standard InChI is InChI=1S/C12H20ClNOS/c13-6-4-10-5-7-14(9-10)12(15)11-3-1-2-8-16-11/h10-11H,1-9H2. The number of alkyl halides is 1. The van der Waals surface area contributed by atoms with E-state index in [1.165, 1.54) is 12.8 Å².